The van der Waals surface area contributed by atoms with Gasteiger partial charge < -0.3 is 4.74 Å². The highest BCUT2D eigenvalue weighted by Gasteiger charge is 2.11. The Kier molecular flexibility index (Phi) is 7.02. The number of hydrazone groups is 1. The second-order valence-electron chi connectivity index (χ2n) is 4.45. The van der Waals surface area contributed by atoms with Crippen LogP contribution in [0.1, 0.15) is 5.56 Å². The molecule has 1 amide bonds. The van der Waals surface area contributed by atoms with Gasteiger partial charge in [-0.25, -0.2) is 5.43 Å². The molecule has 0 radical (unpaired) electrons. The summed E-state index contributed by atoms with van der Waals surface area (Å²) in [4.78, 5) is 11.7. The zero-order valence-corrected chi connectivity index (χ0v) is 15.6. The molecule has 0 atom stereocenters. The molecule has 4 nitrogen and oxygen atoms in total. The number of carbonyl (C=O) groups is 1. The first kappa shape index (κ1) is 19.2. The van der Waals surface area contributed by atoms with Crippen LogP contribution in [0.2, 0.25) is 25.1 Å². The number of nitrogens with one attached hydrogen (secondary N) is 1. The first-order valence-electron chi connectivity index (χ1n) is 6.41. The van der Waals surface area contributed by atoms with E-state index in [1.54, 1.807) is 18.2 Å². The van der Waals surface area contributed by atoms with Gasteiger partial charge in [-0.1, -0.05) is 64.1 Å². The molecular formula is C15H9Cl5N2O2. The van der Waals surface area contributed by atoms with Crippen molar-refractivity contribution in [2.45, 2.75) is 0 Å². The number of hydrogen-bond acceptors (Lipinski definition) is 3. The minimum absolute atomic E-state index is 0.169. The molecule has 2 aromatic carbocycles. The van der Waals surface area contributed by atoms with E-state index in [0.717, 1.165) is 0 Å². The molecule has 1 N–H and O–H groups in total. The topological polar surface area (TPSA) is 50.7 Å². The molecule has 2 rings (SSSR count). The van der Waals surface area contributed by atoms with Crippen molar-refractivity contribution in [2.24, 2.45) is 5.10 Å². The zero-order chi connectivity index (χ0) is 17.7. The second-order valence-corrected chi connectivity index (χ2v) is 6.54. The van der Waals surface area contributed by atoms with Gasteiger partial charge in [-0.2, -0.15) is 5.10 Å². The van der Waals surface area contributed by atoms with Crippen molar-refractivity contribution in [3.8, 4) is 5.75 Å². The number of hydrogen-bond donors (Lipinski definition) is 1. The van der Waals surface area contributed by atoms with Gasteiger partial charge in [0.05, 0.1) is 21.3 Å². The molecule has 0 saturated carbocycles. The zero-order valence-electron chi connectivity index (χ0n) is 11.8. The minimum atomic E-state index is -0.501. The standard InChI is InChI=1S/C15H9Cl5N2O2/c16-9-2-1-8(11(18)3-9)6-21-22-14(23)7-24-15-12(19)4-10(17)5-13(15)20/h1-6H,7H2,(H,22,23)/b21-6-. The quantitative estimate of drug-likeness (QED) is 0.508. The van der Waals surface area contributed by atoms with E-state index in [2.05, 4.69) is 10.5 Å². The molecule has 0 saturated heterocycles. The van der Waals surface area contributed by atoms with Crippen LogP contribution < -0.4 is 10.2 Å². The van der Waals surface area contributed by atoms with Crippen molar-refractivity contribution >= 4 is 70.1 Å². The van der Waals surface area contributed by atoms with Crippen molar-refractivity contribution in [1.82, 2.24) is 5.43 Å². The van der Waals surface area contributed by atoms with E-state index in [1.807, 2.05) is 0 Å². The van der Waals surface area contributed by atoms with Crippen molar-refractivity contribution in [1.29, 1.82) is 0 Å². The summed E-state index contributed by atoms with van der Waals surface area (Å²) >= 11 is 29.5. The molecule has 0 aliphatic heterocycles. The SMILES string of the molecule is O=C(COc1c(Cl)cc(Cl)cc1Cl)N/N=C\c1ccc(Cl)cc1Cl. The molecule has 0 heterocycles. The van der Waals surface area contributed by atoms with Gasteiger partial charge in [0.2, 0.25) is 0 Å². The molecule has 0 spiro atoms. The monoisotopic (exact) mass is 424 g/mol. The molecule has 24 heavy (non-hydrogen) atoms. The summed E-state index contributed by atoms with van der Waals surface area (Å²) in [6, 6.07) is 7.82. The predicted molar refractivity (Wildman–Crippen MR) is 99.2 cm³/mol. The van der Waals surface area contributed by atoms with Crippen LogP contribution in [0.3, 0.4) is 0 Å². The van der Waals surface area contributed by atoms with Gasteiger partial charge in [-0.3, -0.25) is 4.79 Å². The van der Waals surface area contributed by atoms with E-state index < -0.39 is 5.91 Å². The normalized spacial score (nSPS) is 10.9. The Bertz CT molecular complexity index is 772. The third-order valence-corrected chi connectivity index (χ3v) is 4.01. The predicted octanol–water partition coefficient (Wildman–Crippen LogP) is 5.48. The maximum atomic E-state index is 11.7. The molecule has 0 aromatic heterocycles. The lowest BCUT2D eigenvalue weighted by Gasteiger charge is -2.09. The van der Waals surface area contributed by atoms with E-state index in [9.17, 15) is 4.79 Å². The van der Waals surface area contributed by atoms with Crippen molar-refractivity contribution in [2.75, 3.05) is 6.61 Å². The molecule has 0 aliphatic carbocycles. The van der Waals surface area contributed by atoms with Gasteiger partial charge in [-0.15, -0.1) is 0 Å². The van der Waals surface area contributed by atoms with Gasteiger partial charge in [0, 0.05) is 15.6 Å². The average molecular weight is 427 g/mol. The summed E-state index contributed by atoms with van der Waals surface area (Å²) in [5.41, 5.74) is 2.90. The molecule has 126 valence electrons. The lowest BCUT2D eigenvalue weighted by molar-refractivity contribution is -0.123. The first-order valence-corrected chi connectivity index (χ1v) is 8.30. The largest absolute Gasteiger partial charge is 0.481 e. The number of benzene rings is 2. The highest BCUT2D eigenvalue weighted by Crippen LogP contribution is 2.35. The first-order chi connectivity index (χ1) is 11.4. The van der Waals surface area contributed by atoms with Crippen LogP contribution in [0, 0.1) is 0 Å². The highest BCUT2D eigenvalue weighted by atomic mass is 35.5. The van der Waals surface area contributed by atoms with Crippen LogP contribution in [-0.4, -0.2) is 18.7 Å². The Morgan fingerprint density at radius 2 is 1.62 bits per heavy atom. The number of nitrogens with zero attached hydrogens (tertiary/aromatic N) is 1. The lowest BCUT2D eigenvalue weighted by Crippen LogP contribution is -2.24. The smallest absolute Gasteiger partial charge is 0.277 e. The fraction of sp³-hybridized carbons (Fsp3) is 0.0667. The Balaban J connectivity index is 1.91. The summed E-state index contributed by atoms with van der Waals surface area (Å²) in [7, 11) is 0. The van der Waals surface area contributed by atoms with Crippen molar-refractivity contribution in [3.05, 3.63) is 61.0 Å². The van der Waals surface area contributed by atoms with Gasteiger partial charge in [0.15, 0.2) is 12.4 Å². The van der Waals surface area contributed by atoms with E-state index in [4.69, 9.17) is 62.7 Å². The average Bonchev–Trinajstić information content (AvgIpc) is 2.48. The summed E-state index contributed by atoms with van der Waals surface area (Å²) in [6.07, 6.45) is 1.39. The number of carbonyl (C=O) groups excluding carboxylic acids is 1. The van der Waals surface area contributed by atoms with Gasteiger partial charge in [0.1, 0.15) is 0 Å². The van der Waals surface area contributed by atoms with E-state index in [-0.39, 0.29) is 22.4 Å². The Hall–Kier alpha value is -1.17. The Morgan fingerprint density at radius 1 is 1.00 bits per heavy atom. The third-order valence-electron chi connectivity index (χ3n) is 2.67. The van der Waals surface area contributed by atoms with Crippen molar-refractivity contribution < 1.29 is 9.53 Å². The van der Waals surface area contributed by atoms with Crippen molar-refractivity contribution in [3.63, 3.8) is 0 Å². The maximum absolute atomic E-state index is 11.7. The van der Waals surface area contributed by atoms with Gasteiger partial charge in [-0.05, 0) is 24.3 Å². The second kappa shape index (κ2) is 8.79. The summed E-state index contributed by atoms with van der Waals surface area (Å²) in [5, 5.41) is 5.48. The number of amides is 1. The van der Waals surface area contributed by atoms with E-state index in [1.165, 1.54) is 18.3 Å². The number of rotatable bonds is 5. The molecule has 0 aliphatic rings. The van der Waals surface area contributed by atoms with Crippen LogP contribution in [0.15, 0.2) is 35.4 Å². The fourth-order valence-corrected chi connectivity index (χ4v) is 3.00. The van der Waals surface area contributed by atoms with Crippen LogP contribution >= 0.6 is 58.0 Å². The molecule has 0 fully saturated rings. The Labute approximate surface area is 163 Å². The minimum Gasteiger partial charge on any atom is -0.481 e. The molecule has 9 heteroatoms. The van der Waals surface area contributed by atoms with E-state index in [0.29, 0.717) is 20.6 Å². The summed E-state index contributed by atoms with van der Waals surface area (Å²) < 4.78 is 5.27. The van der Waals surface area contributed by atoms with Gasteiger partial charge in [0.25, 0.3) is 5.91 Å². The third kappa shape index (κ3) is 5.43. The Morgan fingerprint density at radius 3 is 2.25 bits per heavy atom. The molecular weight excluding hydrogens is 417 g/mol. The maximum Gasteiger partial charge on any atom is 0.277 e. The number of ether oxygens (including phenoxy) is 1. The summed E-state index contributed by atoms with van der Waals surface area (Å²) in [6.45, 7) is -0.327. The lowest BCUT2D eigenvalue weighted by atomic mass is 10.2. The highest BCUT2D eigenvalue weighted by molar-refractivity contribution is 6.40. The van der Waals surface area contributed by atoms with Crippen LogP contribution in [0.4, 0.5) is 0 Å². The fourth-order valence-electron chi connectivity index (χ4n) is 1.62. The molecule has 2 aromatic rings. The van der Waals surface area contributed by atoms with Crippen LogP contribution in [-0.2, 0) is 4.79 Å². The molecule has 0 bridgehead atoms. The van der Waals surface area contributed by atoms with Crippen LogP contribution in [0.25, 0.3) is 0 Å². The van der Waals surface area contributed by atoms with Gasteiger partial charge >= 0.3 is 0 Å². The van der Waals surface area contributed by atoms with Crippen LogP contribution in [0.5, 0.6) is 5.75 Å². The summed E-state index contributed by atoms with van der Waals surface area (Å²) in [5.74, 6) is -0.332. The van der Waals surface area contributed by atoms with E-state index >= 15 is 0 Å². The molecule has 0 unspecified atom stereocenters. The number of halogens is 5.